The molecule has 1 fully saturated rings. The molecule has 4 nitrogen and oxygen atoms in total. The van der Waals surface area contributed by atoms with Crippen molar-refractivity contribution >= 4 is 5.97 Å². The van der Waals surface area contributed by atoms with E-state index in [1.165, 1.54) is 0 Å². The first-order valence-electron chi connectivity index (χ1n) is 5.17. The zero-order valence-electron chi connectivity index (χ0n) is 9.21. The van der Waals surface area contributed by atoms with E-state index in [0.717, 1.165) is 19.4 Å². The molecule has 1 aliphatic carbocycles. The topological polar surface area (TPSA) is 52.6 Å². The molecule has 0 aromatic carbocycles. The Hall–Kier alpha value is -0.610. The SMILES string of the molecule is CCN(C)CC(NC)(C(=O)O)C1CC1. The quantitative estimate of drug-likeness (QED) is 0.651. The van der Waals surface area contributed by atoms with Gasteiger partial charge in [0.2, 0.25) is 0 Å². The first-order valence-corrected chi connectivity index (χ1v) is 5.17. The highest BCUT2D eigenvalue weighted by molar-refractivity contribution is 5.80. The highest BCUT2D eigenvalue weighted by Crippen LogP contribution is 2.40. The maximum absolute atomic E-state index is 11.3. The molecule has 0 aromatic heterocycles. The third-order valence-corrected chi connectivity index (χ3v) is 3.16. The second-order valence-corrected chi connectivity index (χ2v) is 4.13. The molecule has 1 atom stereocenters. The molecule has 0 aromatic rings. The average Bonchev–Trinajstić information content (AvgIpc) is 2.96. The van der Waals surface area contributed by atoms with Crippen molar-refractivity contribution in [2.75, 3.05) is 27.2 Å². The average molecular weight is 200 g/mol. The van der Waals surface area contributed by atoms with Gasteiger partial charge in [-0.1, -0.05) is 6.92 Å². The number of hydrogen-bond donors (Lipinski definition) is 2. The summed E-state index contributed by atoms with van der Waals surface area (Å²) in [6.07, 6.45) is 2.06. The number of rotatable bonds is 6. The van der Waals surface area contributed by atoms with Crippen molar-refractivity contribution in [1.29, 1.82) is 0 Å². The molecule has 82 valence electrons. The molecule has 0 radical (unpaired) electrons. The minimum absolute atomic E-state index is 0.305. The van der Waals surface area contributed by atoms with Gasteiger partial charge >= 0.3 is 5.97 Å². The summed E-state index contributed by atoms with van der Waals surface area (Å²) in [6, 6.07) is 0. The Morgan fingerprint density at radius 1 is 1.64 bits per heavy atom. The standard InChI is InChI=1S/C10H20N2O2/c1-4-12(3)7-10(11-2,9(13)14)8-5-6-8/h8,11H,4-7H2,1-3H3,(H,13,14). The van der Waals surface area contributed by atoms with Crippen LogP contribution in [0, 0.1) is 5.92 Å². The van der Waals surface area contributed by atoms with Crippen LogP contribution in [0.25, 0.3) is 0 Å². The summed E-state index contributed by atoms with van der Waals surface area (Å²) < 4.78 is 0. The molecule has 1 aliphatic rings. The van der Waals surface area contributed by atoms with E-state index >= 15 is 0 Å². The van der Waals surface area contributed by atoms with Crippen LogP contribution in [0.5, 0.6) is 0 Å². The fraction of sp³-hybridized carbons (Fsp3) is 0.900. The predicted octanol–water partition coefficient (Wildman–Crippen LogP) is 0.391. The number of carbonyl (C=O) groups is 1. The van der Waals surface area contributed by atoms with Crippen LogP contribution in [0.3, 0.4) is 0 Å². The summed E-state index contributed by atoms with van der Waals surface area (Å²) >= 11 is 0. The lowest BCUT2D eigenvalue weighted by atomic mass is 9.93. The third kappa shape index (κ3) is 2.07. The van der Waals surface area contributed by atoms with Gasteiger partial charge in [-0.25, -0.2) is 0 Å². The van der Waals surface area contributed by atoms with Crippen LogP contribution in [0.2, 0.25) is 0 Å². The van der Waals surface area contributed by atoms with Crippen LogP contribution >= 0.6 is 0 Å². The molecule has 0 spiro atoms. The van der Waals surface area contributed by atoms with E-state index in [-0.39, 0.29) is 0 Å². The van der Waals surface area contributed by atoms with Crippen molar-refractivity contribution in [1.82, 2.24) is 10.2 Å². The second-order valence-electron chi connectivity index (χ2n) is 4.13. The van der Waals surface area contributed by atoms with Crippen molar-refractivity contribution in [3.05, 3.63) is 0 Å². The van der Waals surface area contributed by atoms with Gasteiger partial charge < -0.3 is 15.3 Å². The molecule has 1 rings (SSSR count). The van der Waals surface area contributed by atoms with Crippen LogP contribution < -0.4 is 5.32 Å². The zero-order chi connectivity index (χ0) is 10.8. The van der Waals surface area contributed by atoms with E-state index in [1.807, 2.05) is 18.9 Å². The van der Waals surface area contributed by atoms with Crippen molar-refractivity contribution in [3.63, 3.8) is 0 Å². The highest BCUT2D eigenvalue weighted by atomic mass is 16.4. The normalized spacial score (nSPS) is 20.9. The highest BCUT2D eigenvalue weighted by Gasteiger charge is 2.50. The maximum Gasteiger partial charge on any atom is 0.325 e. The molecule has 1 unspecified atom stereocenters. The number of carboxylic acids is 1. The third-order valence-electron chi connectivity index (χ3n) is 3.16. The van der Waals surface area contributed by atoms with E-state index < -0.39 is 11.5 Å². The lowest BCUT2D eigenvalue weighted by molar-refractivity contribution is -0.146. The summed E-state index contributed by atoms with van der Waals surface area (Å²) in [5.41, 5.74) is -0.731. The second kappa shape index (κ2) is 4.28. The number of aliphatic carboxylic acids is 1. The minimum atomic E-state index is -0.731. The van der Waals surface area contributed by atoms with Crippen LogP contribution in [0.4, 0.5) is 0 Å². The molecule has 4 heteroatoms. The Balaban J connectivity index is 2.73. The van der Waals surface area contributed by atoms with Gasteiger partial charge in [0.1, 0.15) is 5.54 Å². The number of likely N-dealkylation sites (N-methyl/N-ethyl adjacent to an activating group) is 2. The van der Waals surface area contributed by atoms with Crippen molar-refractivity contribution in [2.45, 2.75) is 25.3 Å². The number of hydrogen-bond acceptors (Lipinski definition) is 3. The molecule has 0 bridgehead atoms. The fourth-order valence-electron chi connectivity index (χ4n) is 1.88. The van der Waals surface area contributed by atoms with Crippen LogP contribution in [-0.2, 0) is 4.79 Å². The molecule has 0 amide bonds. The van der Waals surface area contributed by atoms with Crippen LogP contribution in [0.1, 0.15) is 19.8 Å². The van der Waals surface area contributed by atoms with E-state index in [0.29, 0.717) is 12.5 Å². The monoisotopic (exact) mass is 200 g/mol. The van der Waals surface area contributed by atoms with Crippen molar-refractivity contribution < 1.29 is 9.90 Å². The predicted molar refractivity (Wildman–Crippen MR) is 55.3 cm³/mol. The van der Waals surface area contributed by atoms with Gasteiger partial charge in [-0.15, -0.1) is 0 Å². The maximum atomic E-state index is 11.3. The van der Waals surface area contributed by atoms with Gasteiger partial charge in [0.25, 0.3) is 0 Å². The number of nitrogens with zero attached hydrogens (tertiary/aromatic N) is 1. The molecule has 0 aliphatic heterocycles. The Kier molecular flexibility index (Phi) is 3.50. The van der Waals surface area contributed by atoms with Crippen LogP contribution in [-0.4, -0.2) is 48.7 Å². The molecule has 0 heterocycles. The van der Waals surface area contributed by atoms with Gasteiger partial charge in [0, 0.05) is 6.54 Å². The molecular formula is C10H20N2O2. The van der Waals surface area contributed by atoms with E-state index in [1.54, 1.807) is 7.05 Å². The Morgan fingerprint density at radius 2 is 2.21 bits per heavy atom. The van der Waals surface area contributed by atoms with E-state index in [9.17, 15) is 9.90 Å². The molecule has 2 N–H and O–H groups in total. The van der Waals surface area contributed by atoms with Crippen LogP contribution in [0.15, 0.2) is 0 Å². The van der Waals surface area contributed by atoms with Gasteiger partial charge in [-0.3, -0.25) is 4.79 Å². The van der Waals surface area contributed by atoms with E-state index in [2.05, 4.69) is 5.32 Å². The summed E-state index contributed by atoms with van der Waals surface area (Å²) in [6.45, 7) is 3.50. The van der Waals surface area contributed by atoms with Crippen molar-refractivity contribution in [2.24, 2.45) is 5.92 Å². The number of nitrogens with one attached hydrogen (secondary N) is 1. The van der Waals surface area contributed by atoms with Gasteiger partial charge in [0.05, 0.1) is 0 Å². The molecule has 0 saturated heterocycles. The molecular weight excluding hydrogens is 180 g/mol. The Labute approximate surface area is 85.3 Å². The Morgan fingerprint density at radius 3 is 2.50 bits per heavy atom. The Bertz CT molecular complexity index is 216. The van der Waals surface area contributed by atoms with Gasteiger partial charge in [-0.2, -0.15) is 0 Å². The minimum Gasteiger partial charge on any atom is -0.480 e. The summed E-state index contributed by atoms with van der Waals surface area (Å²) in [7, 11) is 3.70. The summed E-state index contributed by atoms with van der Waals surface area (Å²) in [4.78, 5) is 13.3. The van der Waals surface area contributed by atoms with E-state index in [4.69, 9.17) is 0 Å². The summed E-state index contributed by atoms with van der Waals surface area (Å²) in [5.74, 6) is -0.415. The van der Waals surface area contributed by atoms with Gasteiger partial charge in [-0.05, 0) is 39.4 Å². The molecule has 14 heavy (non-hydrogen) atoms. The lowest BCUT2D eigenvalue weighted by Crippen LogP contribution is -2.59. The smallest absolute Gasteiger partial charge is 0.325 e. The lowest BCUT2D eigenvalue weighted by Gasteiger charge is -2.33. The first kappa shape index (κ1) is 11.5. The zero-order valence-corrected chi connectivity index (χ0v) is 9.21. The molecule has 1 saturated carbocycles. The van der Waals surface area contributed by atoms with Gasteiger partial charge in [0.15, 0.2) is 0 Å². The summed E-state index contributed by atoms with van der Waals surface area (Å²) in [5, 5.41) is 12.3. The first-order chi connectivity index (χ1) is 6.56. The van der Waals surface area contributed by atoms with Crippen molar-refractivity contribution in [3.8, 4) is 0 Å². The fourth-order valence-corrected chi connectivity index (χ4v) is 1.88. The largest absolute Gasteiger partial charge is 0.480 e. The number of carboxylic acid groups (broad SMARTS) is 1.